The van der Waals surface area contributed by atoms with Gasteiger partial charge in [-0.3, -0.25) is 4.99 Å². The predicted octanol–water partition coefficient (Wildman–Crippen LogP) is 1.92. The molecule has 1 aromatic rings. The largest absolute Gasteiger partial charge is 0.352 e. The Bertz CT molecular complexity index is 448. The molecule has 0 atom stereocenters. The highest BCUT2D eigenvalue weighted by Gasteiger charge is 2.15. The second-order valence-electron chi connectivity index (χ2n) is 5.65. The number of rotatable bonds is 4. The number of hydrogen-bond acceptors (Lipinski definition) is 2. The molecule has 0 bridgehead atoms. The van der Waals surface area contributed by atoms with Crippen LogP contribution in [-0.4, -0.2) is 50.0 Å². The summed E-state index contributed by atoms with van der Waals surface area (Å²) in [5.41, 5.74) is 2.66. The average Bonchev–Trinajstić information content (AvgIpc) is 2.93. The van der Waals surface area contributed by atoms with Crippen molar-refractivity contribution >= 4 is 5.96 Å². The van der Waals surface area contributed by atoms with Gasteiger partial charge in [0.05, 0.1) is 0 Å². The third kappa shape index (κ3) is 4.23. The van der Waals surface area contributed by atoms with E-state index in [-0.39, 0.29) is 0 Å². The molecule has 1 aliphatic rings. The lowest BCUT2D eigenvalue weighted by molar-refractivity contribution is 0.402. The predicted molar refractivity (Wildman–Crippen MR) is 84.8 cm³/mol. The van der Waals surface area contributed by atoms with E-state index in [1.165, 1.54) is 24.0 Å². The minimum absolute atomic E-state index is 0.838. The third-order valence-electron chi connectivity index (χ3n) is 3.56. The first kappa shape index (κ1) is 14.9. The monoisotopic (exact) mass is 274 g/mol. The molecule has 1 aromatic carbocycles. The fourth-order valence-electron chi connectivity index (χ4n) is 2.65. The zero-order valence-corrected chi connectivity index (χ0v) is 12.9. The summed E-state index contributed by atoms with van der Waals surface area (Å²) >= 11 is 0. The van der Waals surface area contributed by atoms with Gasteiger partial charge in [0.1, 0.15) is 0 Å². The topological polar surface area (TPSA) is 30.9 Å². The van der Waals surface area contributed by atoms with Crippen LogP contribution < -0.4 is 5.32 Å². The molecule has 0 aliphatic carbocycles. The van der Waals surface area contributed by atoms with Crippen LogP contribution in [-0.2, 0) is 13.1 Å². The van der Waals surface area contributed by atoms with Crippen LogP contribution in [0.1, 0.15) is 24.0 Å². The minimum Gasteiger partial charge on any atom is -0.352 e. The molecule has 2 rings (SSSR count). The van der Waals surface area contributed by atoms with Crippen molar-refractivity contribution in [1.29, 1.82) is 0 Å². The molecule has 1 fully saturated rings. The maximum Gasteiger partial charge on any atom is 0.193 e. The van der Waals surface area contributed by atoms with Gasteiger partial charge in [0.25, 0.3) is 0 Å². The third-order valence-corrected chi connectivity index (χ3v) is 3.56. The summed E-state index contributed by atoms with van der Waals surface area (Å²) in [6.45, 7) is 4.07. The highest BCUT2D eigenvalue weighted by molar-refractivity contribution is 5.80. The van der Waals surface area contributed by atoms with Crippen LogP contribution in [0.4, 0.5) is 0 Å². The summed E-state index contributed by atoms with van der Waals surface area (Å²) < 4.78 is 0. The average molecular weight is 274 g/mol. The molecule has 1 N–H and O–H groups in total. The number of nitrogens with zero attached hydrogens (tertiary/aromatic N) is 3. The Kier molecular flexibility index (Phi) is 5.41. The second kappa shape index (κ2) is 7.29. The normalized spacial score (nSPS) is 16.0. The zero-order chi connectivity index (χ0) is 14.4. The van der Waals surface area contributed by atoms with Crippen molar-refractivity contribution in [3.8, 4) is 0 Å². The van der Waals surface area contributed by atoms with E-state index in [0.29, 0.717) is 0 Å². The Labute approximate surface area is 122 Å². The van der Waals surface area contributed by atoms with Crippen molar-refractivity contribution < 1.29 is 0 Å². The minimum atomic E-state index is 0.838. The maximum absolute atomic E-state index is 4.38. The number of hydrogen-bond donors (Lipinski definition) is 1. The SMILES string of the molecule is CN=C(NCc1cccc(CN(C)C)c1)N1CCCC1. The van der Waals surface area contributed by atoms with E-state index >= 15 is 0 Å². The number of nitrogens with one attached hydrogen (secondary N) is 1. The van der Waals surface area contributed by atoms with Crippen LogP contribution >= 0.6 is 0 Å². The van der Waals surface area contributed by atoms with Gasteiger partial charge in [-0.15, -0.1) is 0 Å². The summed E-state index contributed by atoms with van der Waals surface area (Å²) in [5, 5.41) is 3.47. The Morgan fingerprint density at radius 2 is 1.95 bits per heavy atom. The van der Waals surface area contributed by atoms with Crippen LogP contribution in [0.15, 0.2) is 29.3 Å². The molecule has 0 unspecified atom stereocenters. The van der Waals surface area contributed by atoms with Crippen molar-refractivity contribution in [2.45, 2.75) is 25.9 Å². The van der Waals surface area contributed by atoms with Crippen molar-refractivity contribution in [3.05, 3.63) is 35.4 Å². The molecular weight excluding hydrogens is 248 g/mol. The van der Waals surface area contributed by atoms with E-state index in [0.717, 1.165) is 32.1 Å². The van der Waals surface area contributed by atoms with Crippen LogP contribution in [0.3, 0.4) is 0 Å². The number of guanidine groups is 1. The van der Waals surface area contributed by atoms with E-state index < -0.39 is 0 Å². The second-order valence-corrected chi connectivity index (χ2v) is 5.65. The smallest absolute Gasteiger partial charge is 0.193 e. The van der Waals surface area contributed by atoms with Gasteiger partial charge >= 0.3 is 0 Å². The fourth-order valence-corrected chi connectivity index (χ4v) is 2.65. The number of likely N-dealkylation sites (tertiary alicyclic amines) is 1. The molecule has 1 heterocycles. The van der Waals surface area contributed by atoms with Crippen molar-refractivity contribution in [2.75, 3.05) is 34.2 Å². The van der Waals surface area contributed by atoms with Crippen LogP contribution in [0.25, 0.3) is 0 Å². The number of benzene rings is 1. The summed E-state index contributed by atoms with van der Waals surface area (Å²) in [7, 11) is 6.06. The highest BCUT2D eigenvalue weighted by atomic mass is 15.3. The summed E-state index contributed by atoms with van der Waals surface area (Å²) in [5.74, 6) is 1.03. The Morgan fingerprint density at radius 1 is 1.25 bits per heavy atom. The molecule has 0 aromatic heterocycles. The van der Waals surface area contributed by atoms with E-state index in [9.17, 15) is 0 Å². The molecule has 4 heteroatoms. The maximum atomic E-state index is 4.38. The number of aliphatic imine (C=N–C) groups is 1. The van der Waals surface area contributed by atoms with E-state index in [4.69, 9.17) is 0 Å². The summed E-state index contributed by atoms with van der Waals surface area (Å²) in [4.78, 5) is 8.91. The molecule has 1 saturated heterocycles. The van der Waals surface area contributed by atoms with Gasteiger partial charge in [0.15, 0.2) is 5.96 Å². The van der Waals surface area contributed by atoms with Crippen LogP contribution in [0.5, 0.6) is 0 Å². The Morgan fingerprint density at radius 3 is 2.60 bits per heavy atom. The van der Waals surface area contributed by atoms with Gasteiger partial charge in [0.2, 0.25) is 0 Å². The first-order valence-corrected chi connectivity index (χ1v) is 7.37. The molecule has 0 amide bonds. The van der Waals surface area contributed by atoms with Crippen molar-refractivity contribution in [2.24, 2.45) is 4.99 Å². The summed E-state index contributed by atoms with van der Waals surface area (Å²) in [6, 6.07) is 8.75. The molecular formula is C16H26N4. The van der Waals surface area contributed by atoms with E-state index in [1.54, 1.807) is 0 Å². The summed E-state index contributed by atoms with van der Waals surface area (Å²) in [6.07, 6.45) is 2.55. The van der Waals surface area contributed by atoms with Gasteiger partial charge in [-0.25, -0.2) is 0 Å². The lowest BCUT2D eigenvalue weighted by Gasteiger charge is -2.21. The fraction of sp³-hybridized carbons (Fsp3) is 0.562. The standard InChI is InChI=1S/C16H26N4/c1-17-16(20-9-4-5-10-20)18-12-14-7-6-8-15(11-14)13-19(2)3/h6-8,11H,4-5,9-10,12-13H2,1-3H3,(H,17,18). The molecule has 0 radical (unpaired) electrons. The van der Waals surface area contributed by atoms with Crippen LogP contribution in [0.2, 0.25) is 0 Å². The Hall–Kier alpha value is -1.55. The molecule has 110 valence electrons. The van der Waals surface area contributed by atoms with Gasteiger partial charge in [-0.05, 0) is 38.1 Å². The quantitative estimate of drug-likeness (QED) is 0.672. The molecule has 0 spiro atoms. The highest BCUT2D eigenvalue weighted by Crippen LogP contribution is 2.09. The molecule has 20 heavy (non-hydrogen) atoms. The Balaban J connectivity index is 1.92. The first-order chi connectivity index (χ1) is 9.69. The lowest BCUT2D eigenvalue weighted by Crippen LogP contribution is -2.39. The zero-order valence-electron chi connectivity index (χ0n) is 12.9. The van der Waals surface area contributed by atoms with Crippen molar-refractivity contribution in [1.82, 2.24) is 15.1 Å². The molecule has 1 aliphatic heterocycles. The van der Waals surface area contributed by atoms with Gasteiger partial charge in [-0.1, -0.05) is 24.3 Å². The van der Waals surface area contributed by atoms with Crippen molar-refractivity contribution in [3.63, 3.8) is 0 Å². The van der Waals surface area contributed by atoms with E-state index in [2.05, 4.69) is 58.5 Å². The van der Waals surface area contributed by atoms with Gasteiger partial charge in [-0.2, -0.15) is 0 Å². The van der Waals surface area contributed by atoms with Gasteiger partial charge < -0.3 is 15.1 Å². The molecule has 0 saturated carbocycles. The molecule has 4 nitrogen and oxygen atoms in total. The van der Waals surface area contributed by atoms with E-state index in [1.807, 2.05) is 7.05 Å². The lowest BCUT2D eigenvalue weighted by atomic mass is 10.1. The van der Waals surface area contributed by atoms with Gasteiger partial charge in [0, 0.05) is 33.2 Å². The first-order valence-electron chi connectivity index (χ1n) is 7.37. The van der Waals surface area contributed by atoms with Crippen LogP contribution in [0, 0.1) is 0 Å².